The third kappa shape index (κ3) is 5.66. The van der Waals surface area contributed by atoms with Gasteiger partial charge in [-0.05, 0) is 60.7 Å². The normalized spacial score (nSPS) is 10.7. The molecule has 33 heavy (non-hydrogen) atoms. The van der Waals surface area contributed by atoms with E-state index >= 15 is 0 Å². The third-order valence-electron chi connectivity index (χ3n) is 5.43. The average molecular weight is 514 g/mol. The van der Waals surface area contributed by atoms with Crippen LogP contribution in [0, 0.1) is 0 Å². The van der Waals surface area contributed by atoms with E-state index in [4.69, 9.17) is 19.2 Å². The summed E-state index contributed by atoms with van der Waals surface area (Å²) in [6.45, 7) is 2.09. The molecule has 7 heteroatoms. The molecule has 0 saturated heterocycles. The number of nitrogens with zero attached hydrogens (tertiary/aromatic N) is 1. The second-order valence-electron chi connectivity index (χ2n) is 7.57. The van der Waals surface area contributed by atoms with Gasteiger partial charge in [0.2, 0.25) is 5.75 Å². The molecule has 0 aliphatic heterocycles. The maximum absolute atomic E-state index is 12.1. The summed E-state index contributed by atoms with van der Waals surface area (Å²) in [6, 6.07) is 13.4. The van der Waals surface area contributed by atoms with E-state index in [1.54, 1.807) is 27.4 Å². The Balaban J connectivity index is 2.00. The highest BCUT2D eigenvalue weighted by Crippen LogP contribution is 2.38. The third-order valence-corrected chi connectivity index (χ3v) is 5.96. The summed E-state index contributed by atoms with van der Waals surface area (Å²) in [5.74, 6) is 0.673. The van der Waals surface area contributed by atoms with Crippen LogP contribution in [0.15, 0.2) is 46.9 Å². The Labute approximate surface area is 202 Å². The molecule has 0 aliphatic carbocycles. The lowest BCUT2D eigenvalue weighted by atomic mass is 9.96. The second kappa shape index (κ2) is 11.2. The predicted octanol–water partition coefficient (Wildman–Crippen LogP) is 5.97. The lowest BCUT2D eigenvalue weighted by Crippen LogP contribution is -2.10. The van der Waals surface area contributed by atoms with Crippen LogP contribution in [0.3, 0.4) is 0 Å². The summed E-state index contributed by atoms with van der Waals surface area (Å²) in [7, 11) is 4.71. The number of carboxylic acid groups (broad SMARTS) is 1. The molecular formula is C26H28BrNO5. The van der Waals surface area contributed by atoms with E-state index in [0.29, 0.717) is 35.8 Å². The molecular weight excluding hydrogens is 486 g/mol. The van der Waals surface area contributed by atoms with Gasteiger partial charge in [-0.2, -0.15) is 0 Å². The molecule has 1 aromatic heterocycles. The topological polar surface area (TPSA) is 77.9 Å². The van der Waals surface area contributed by atoms with Crippen LogP contribution in [0.1, 0.15) is 40.7 Å². The summed E-state index contributed by atoms with van der Waals surface area (Å²) in [4.78, 5) is 17.0. The number of carbonyl (C=O) groups is 1. The van der Waals surface area contributed by atoms with Gasteiger partial charge in [-0.25, -0.2) is 4.79 Å². The number of aryl methyl sites for hydroxylation is 3. The SMILES string of the molecule is CCCc1nc(CCc2cc(OC)c(OC)c(OC)c2)c(C(=O)O)cc1-c1ccc(Br)cc1. The fourth-order valence-corrected chi connectivity index (χ4v) is 4.08. The van der Waals surface area contributed by atoms with Crippen LogP contribution in [0.25, 0.3) is 11.1 Å². The molecule has 0 bridgehead atoms. The molecule has 0 radical (unpaired) electrons. The Morgan fingerprint density at radius 3 is 2.06 bits per heavy atom. The summed E-state index contributed by atoms with van der Waals surface area (Å²) in [5.41, 5.74) is 4.45. The van der Waals surface area contributed by atoms with Crippen molar-refractivity contribution in [1.82, 2.24) is 4.98 Å². The lowest BCUT2D eigenvalue weighted by Gasteiger charge is -2.16. The van der Waals surface area contributed by atoms with Crippen molar-refractivity contribution in [2.45, 2.75) is 32.6 Å². The van der Waals surface area contributed by atoms with Crippen LogP contribution < -0.4 is 14.2 Å². The van der Waals surface area contributed by atoms with Crippen molar-refractivity contribution in [2.75, 3.05) is 21.3 Å². The first-order chi connectivity index (χ1) is 15.9. The fraction of sp³-hybridized carbons (Fsp3) is 0.308. The first-order valence-electron chi connectivity index (χ1n) is 10.7. The Morgan fingerprint density at radius 2 is 1.55 bits per heavy atom. The molecule has 0 aliphatic rings. The summed E-state index contributed by atoms with van der Waals surface area (Å²) < 4.78 is 17.2. The van der Waals surface area contributed by atoms with Crippen LogP contribution in [0.4, 0.5) is 0 Å². The van der Waals surface area contributed by atoms with Crippen LogP contribution in [-0.4, -0.2) is 37.4 Å². The van der Waals surface area contributed by atoms with E-state index < -0.39 is 5.97 Å². The van der Waals surface area contributed by atoms with Gasteiger partial charge in [0, 0.05) is 15.7 Å². The number of aromatic carboxylic acids is 1. The summed E-state index contributed by atoms with van der Waals surface area (Å²) in [5, 5.41) is 9.93. The van der Waals surface area contributed by atoms with Crippen LogP contribution in [0.2, 0.25) is 0 Å². The minimum Gasteiger partial charge on any atom is -0.493 e. The maximum Gasteiger partial charge on any atom is 0.337 e. The number of rotatable bonds is 10. The standard InChI is InChI=1S/C26H28BrNO5/c1-5-6-21-19(17-8-10-18(27)11-9-17)15-20(26(29)30)22(28-21)12-7-16-13-23(31-2)25(33-4)24(14-16)32-3/h8-11,13-15H,5-7,12H2,1-4H3,(H,29,30). The van der Waals surface area contributed by atoms with E-state index in [2.05, 4.69) is 22.9 Å². The molecule has 3 rings (SSSR count). The quantitative estimate of drug-likeness (QED) is 0.359. The van der Waals surface area contributed by atoms with Crippen molar-refractivity contribution in [1.29, 1.82) is 0 Å². The molecule has 2 aromatic carbocycles. The molecule has 174 valence electrons. The number of benzene rings is 2. The Bertz CT molecular complexity index is 1100. The largest absolute Gasteiger partial charge is 0.493 e. The number of pyridine rings is 1. The first-order valence-corrected chi connectivity index (χ1v) is 11.5. The number of aromatic nitrogens is 1. The maximum atomic E-state index is 12.1. The summed E-state index contributed by atoms with van der Waals surface area (Å²) in [6.07, 6.45) is 2.72. The Kier molecular flexibility index (Phi) is 8.33. The molecule has 1 N–H and O–H groups in total. The molecule has 3 aromatic rings. The van der Waals surface area contributed by atoms with Crippen molar-refractivity contribution >= 4 is 21.9 Å². The van der Waals surface area contributed by atoms with Crippen LogP contribution in [-0.2, 0) is 19.3 Å². The Hall–Kier alpha value is -3.06. The molecule has 0 saturated carbocycles. The number of hydrogen-bond acceptors (Lipinski definition) is 5. The average Bonchev–Trinajstić information content (AvgIpc) is 2.82. The number of carboxylic acids is 1. The number of halogens is 1. The smallest absolute Gasteiger partial charge is 0.337 e. The van der Waals surface area contributed by atoms with E-state index in [1.165, 1.54) is 0 Å². The van der Waals surface area contributed by atoms with Gasteiger partial charge in [0.05, 0.1) is 32.6 Å². The zero-order valence-electron chi connectivity index (χ0n) is 19.3. The van der Waals surface area contributed by atoms with E-state index in [0.717, 1.165) is 39.7 Å². The monoisotopic (exact) mass is 513 g/mol. The van der Waals surface area contributed by atoms with E-state index in [1.807, 2.05) is 36.4 Å². The van der Waals surface area contributed by atoms with Crippen LogP contribution in [0.5, 0.6) is 17.2 Å². The Morgan fingerprint density at radius 1 is 0.909 bits per heavy atom. The number of methoxy groups -OCH3 is 3. The van der Waals surface area contributed by atoms with Gasteiger partial charge in [-0.15, -0.1) is 0 Å². The van der Waals surface area contributed by atoms with Gasteiger partial charge in [-0.3, -0.25) is 4.98 Å². The highest BCUT2D eigenvalue weighted by atomic mass is 79.9. The zero-order chi connectivity index (χ0) is 24.0. The molecule has 0 atom stereocenters. The summed E-state index contributed by atoms with van der Waals surface area (Å²) >= 11 is 3.45. The zero-order valence-corrected chi connectivity index (χ0v) is 20.9. The second-order valence-corrected chi connectivity index (χ2v) is 8.49. The molecule has 0 amide bonds. The van der Waals surface area contributed by atoms with Gasteiger partial charge in [0.15, 0.2) is 11.5 Å². The molecule has 0 unspecified atom stereocenters. The minimum atomic E-state index is -0.983. The molecule has 6 nitrogen and oxygen atoms in total. The minimum absolute atomic E-state index is 0.222. The van der Waals surface area contributed by atoms with Crippen LogP contribution >= 0.6 is 15.9 Å². The molecule has 1 heterocycles. The van der Waals surface area contributed by atoms with Gasteiger partial charge < -0.3 is 19.3 Å². The predicted molar refractivity (Wildman–Crippen MR) is 132 cm³/mol. The van der Waals surface area contributed by atoms with Crippen molar-refractivity contribution in [3.63, 3.8) is 0 Å². The molecule has 0 fully saturated rings. The number of ether oxygens (including phenoxy) is 3. The highest BCUT2D eigenvalue weighted by Gasteiger charge is 2.19. The van der Waals surface area contributed by atoms with Gasteiger partial charge in [0.25, 0.3) is 0 Å². The van der Waals surface area contributed by atoms with Crippen molar-refractivity contribution < 1.29 is 24.1 Å². The van der Waals surface area contributed by atoms with Gasteiger partial charge in [0.1, 0.15) is 0 Å². The number of hydrogen-bond donors (Lipinski definition) is 1. The first kappa shape index (κ1) is 24.6. The fourth-order valence-electron chi connectivity index (χ4n) is 3.82. The molecule has 0 spiro atoms. The van der Waals surface area contributed by atoms with E-state index in [-0.39, 0.29) is 5.56 Å². The van der Waals surface area contributed by atoms with Gasteiger partial charge >= 0.3 is 5.97 Å². The van der Waals surface area contributed by atoms with E-state index in [9.17, 15) is 9.90 Å². The van der Waals surface area contributed by atoms with Crippen molar-refractivity contribution in [2.24, 2.45) is 0 Å². The van der Waals surface area contributed by atoms with Crippen molar-refractivity contribution in [3.05, 3.63) is 69.5 Å². The van der Waals surface area contributed by atoms with Crippen molar-refractivity contribution in [3.8, 4) is 28.4 Å². The highest BCUT2D eigenvalue weighted by molar-refractivity contribution is 9.10. The van der Waals surface area contributed by atoms with Gasteiger partial charge in [-0.1, -0.05) is 41.4 Å². The lowest BCUT2D eigenvalue weighted by molar-refractivity contribution is 0.0695.